The molecule has 0 radical (unpaired) electrons. The molecule has 2 rings (SSSR count). The second kappa shape index (κ2) is 7.44. The van der Waals surface area contributed by atoms with Gasteiger partial charge in [-0.25, -0.2) is 0 Å². The van der Waals surface area contributed by atoms with E-state index in [-0.39, 0.29) is 6.10 Å². The van der Waals surface area contributed by atoms with E-state index in [2.05, 4.69) is 31.3 Å². The van der Waals surface area contributed by atoms with E-state index in [1.54, 1.807) is 0 Å². The summed E-state index contributed by atoms with van der Waals surface area (Å²) < 4.78 is 6.39. The Morgan fingerprint density at radius 2 is 1.75 bits per heavy atom. The Balaban J connectivity index is 2.03. The van der Waals surface area contributed by atoms with E-state index < -0.39 is 0 Å². The summed E-state index contributed by atoms with van der Waals surface area (Å²) in [5.41, 5.74) is 1.20. The highest BCUT2D eigenvalue weighted by atomic mass is 35.5. The molecule has 3 atom stereocenters. The van der Waals surface area contributed by atoms with Crippen LogP contribution in [0.3, 0.4) is 0 Å². The Hall–Kier alpha value is -0.570. The van der Waals surface area contributed by atoms with Crippen LogP contribution in [0.15, 0.2) is 24.3 Å². The maximum Gasteiger partial charge on any atom is 0.0952 e. The van der Waals surface area contributed by atoms with Crippen molar-refractivity contribution in [1.82, 2.24) is 5.32 Å². The normalized spacial score (nSPS) is 28.3. The average Bonchev–Trinajstić information content (AvgIpc) is 2.38. The molecule has 0 spiro atoms. The van der Waals surface area contributed by atoms with Crippen molar-refractivity contribution in [2.75, 3.05) is 13.6 Å². The third-order valence-electron chi connectivity index (χ3n) is 4.12. The molecule has 20 heavy (non-hydrogen) atoms. The predicted molar refractivity (Wildman–Crippen MR) is 85.2 cm³/mol. The van der Waals surface area contributed by atoms with Crippen LogP contribution >= 0.6 is 11.6 Å². The summed E-state index contributed by atoms with van der Waals surface area (Å²) in [6.45, 7) is 5.50. The highest BCUT2D eigenvalue weighted by molar-refractivity contribution is 6.30. The molecule has 1 N–H and O–H groups in total. The van der Waals surface area contributed by atoms with Crippen LogP contribution in [-0.2, 0) is 4.74 Å². The zero-order chi connectivity index (χ0) is 14.5. The van der Waals surface area contributed by atoms with Crippen molar-refractivity contribution in [1.29, 1.82) is 0 Å². The molecule has 0 bridgehead atoms. The van der Waals surface area contributed by atoms with Gasteiger partial charge in [-0.3, -0.25) is 0 Å². The Morgan fingerprint density at radius 1 is 1.15 bits per heavy atom. The molecule has 112 valence electrons. The Bertz CT molecular complexity index is 396. The van der Waals surface area contributed by atoms with Crippen molar-refractivity contribution >= 4 is 11.6 Å². The minimum Gasteiger partial charge on any atom is -0.369 e. The van der Waals surface area contributed by atoms with Crippen molar-refractivity contribution in [3.8, 4) is 0 Å². The lowest BCUT2D eigenvalue weighted by Crippen LogP contribution is -2.30. The van der Waals surface area contributed by atoms with Gasteiger partial charge in [-0.2, -0.15) is 0 Å². The second-order valence-electron chi connectivity index (χ2n) is 6.27. The molecule has 1 aliphatic carbocycles. The summed E-state index contributed by atoms with van der Waals surface area (Å²) in [5, 5.41) is 4.01. The van der Waals surface area contributed by atoms with Crippen LogP contribution in [0.4, 0.5) is 0 Å². The van der Waals surface area contributed by atoms with Crippen LogP contribution in [-0.4, -0.2) is 19.7 Å². The van der Waals surface area contributed by atoms with E-state index in [1.165, 1.54) is 24.8 Å². The van der Waals surface area contributed by atoms with Crippen LogP contribution in [0.1, 0.15) is 44.8 Å². The number of hydrogen-bond donors (Lipinski definition) is 1. The summed E-state index contributed by atoms with van der Waals surface area (Å²) >= 11 is 5.97. The van der Waals surface area contributed by atoms with Gasteiger partial charge in [0.25, 0.3) is 0 Å². The molecule has 1 aliphatic rings. The molecule has 2 nitrogen and oxygen atoms in total. The number of halogens is 1. The standard InChI is InChI=1S/C17H26ClNO/c1-12-8-13(2)10-16(9-12)20-17(11-19-3)14-4-6-15(18)7-5-14/h4-7,12-13,16-17,19H,8-11H2,1-3H3. The first-order chi connectivity index (χ1) is 9.58. The zero-order valence-corrected chi connectivity index (χ0v) is 13.5. The molecular formula is C17H26ClNO. The third kappa shape index (κ3) is 4.47. The van der Waals surface area contributed by atoms with Gasteiger partial charge >= 0.3 is 0 Å². The summed E-state index contributed by atoms with van der Waals surface area (Å²) in [7, 11) is 1.97. The number of benzene rings is 1. The van der Waals surface area contributed by atoms with Crippen molar-refractivity contribution in [2.45, 2.75) is 45.3 Å². The van der Waals surface area contributed by atoms with E-state index in [0.29, 0.717) is 6.10 Å². The second-order valence-corrected chi connectivity index (χ2v) is 6.71. The predicted octanol–water partition coefficient (Wildman–Crippen LogP) is 4.44. The molecular weight excluding hydrogens is 270 g/mol. The fourth-order valence-electron chi connectivity index (χ4n) is 3.32. The van der Waals surface area contributed by atoms with Gasteiger partial charge in [0, 0.05) is 11.6 Å². The van der Waals surface area contributed by atoms with Crippen LogP contribution in [0.2, 0.25) is 5.02 Å². The number of ether oxygens (including phenoxy) is 1. The van der Waals surface area contributed by atoms with Gasteiger partial charge in [0.2, 0.25) is 0 Å². The van der Waals surface area contributed by atoms with Gasteiger partial charge in [-0.05, 0) is 55.8 Å². The molecule has 1 aromatic rings. The fourth-order valence-corrected chi connectivity index (χ4v) is 3.45. The summed E-state index contributed by atoms with van der Waals surface area (Å²) in [4.78, 5) is 0. The van der Waals surface area contributed by atoms with E-state index >= 15 is 0 Å². The highest BCUT2D eigenvalue weighted by Gasteiger charge is 2.27. The molecule has 0 heterocycles. The van der Waals surface area contributed by atoms with Crippen LogP contribution in [0.25, 0.3) is 0 Å². The highest BCUT2D eigenvalue weighted by Crippen LogP contribution is 2.33. The molecule has 1 fully saturated rings. The monoisotopic (exact) mass is 295 g/mol. The van der Waals surface area contributed by atoms with E-state index in [4.69, 9.17) is 16.3 Å². The summed E-state index contributed by atoms with van der Waals surface area (Å²) in [5.74, 6) is 1.54. The molecule has 1 saturated carbocycles. The molecule has 0 aromatic heterocycles. The Kier molecular flexibility index (Phi) is 5.88. The average molecular weight is 296 g/mol. The van der Waals surface area contributed by atoms with Crippen LogP contribution in [0.5, 0.6) is 0 Å². The largest absolute Gasteiger partial charge is 0.369 e. The maximum absolute atomic E-state index is 6.39. The smallest absolute Gasteiger partial charge is 0.0952 e. The molecule has 3 unspecified atom stereocenters. The minimum absolute atomic E-state index is 0.111. The van der Waals surface area contributed by atoms with E-state index in [9.17, 15) is 0 Å². The van der Waals surface area contributed by atoms with Gasteiger partial charge in [0.15, 0.2) is 0 Å². The van der Waals surface area contributed by atoms with Gasteiger partial charge in [-0.15, -0.1) is 0 Å². The lowest BCUT2D eigenvalue weighted by molar-refractivity contribution is -0.0491. The lowest BCUT2D eigenvalue weighted by Gasteiger charge is -2.34. The number of likely N-dealkylation sites (N-methyl/N-ethyl adjacent to an activating group) is 1. The van der Waals surface area contributed by atoms with E-state index in [0.717, 1.165) is 23.4 Å². The lowest BCUT2D eigenvalue weighted by atomic mass is 9.81. The van der Waals surface area contributed by atoms with Gasteiger partial charge in [-0.1, -0.05) is 37.6 Å². The topological polar surface area (TPSA) is 21.3 Å². The van der Waals surface area contributed by atoms with Crippen LogP contribution in [0, 0.1) is 11.8 Å². The van der Waals surface area contributed by atoms with Crippen molar-refractivity contribution in [2.24, 2.45) is 11.8 Å². The first-order valence-electron chi connectivity index (χ1n) is 7.64. The minimum atomic E-state index is 0.111. The summed E-state index contributed by atoms with van der Waals surface area (Å²) in [6.07, 6.45) is 4.18. The van der Waals surface area contributed by atoms with Gasteiger partial charge in [0.05, 0.1) is 12.2 Å². The van der Waals surface area contributed by atoms with Crippen molar-refractivity contribution in [3.05, 3.63) is 34.9 Å². The number of nitrogens with one attached hydrogen (secondary N) is 1. The SMILES string of the molecule is CNCC(OC1CC(C)CC(C)C1)c1ccc(Cl)cc1. The zero-order valence-electron chi connectivity index (χ0n) is 12.7. The maximum atomic E-state index is 6.39. The summed E-state index contributed by atoms with van der Waals surface area (Å²) in [6, 6.07) is 8.02. The Morgan fingerprint density at radius 3 is 2.30 bits per heavy atom. The molecule has 1 aromatic carbocycles. The molecule has 0 saturated heterocycles. The third-order valence-corrected chi connectivity index (χ3v) is 4.38. The van der Waals surface area contributed by atoms with Crippen molar-refractivity contribution < 1.29 is 4.74 Å². The van der Waals surface area contributed by atoms with Gasteiger partial charge in [0.1, 0.15) is 0 Å². The Labute approximate surface area is 127 Å². The van der Waals surface area contributed by atoms with Crippen LogP contribution < -0.4 is 5.32 Å². The number of rotatable bonds is 5. The van der Waals surface area contributed by atoms with Gasteiger partial charge < -0.3 is 10.1 Å². The molecule has 0 amide bonds. The molecule has 0 aliphatic heterocycles. The van der Waals surface area contributed by atoms with E-state index in [1.807, 2.05) is 19.2 Å². The molecule has 3 heteroatoms. The first-order valence-corrected chi connectivity index (χ1v) is 8.01. The number of hydrogen-bond acceptors (Lipinski definition) is 2. The van der Waals surface area contributed by atoms with Crippen molar-refractivity contribution in [3.63, 3.8) is 0 Å². The quantitative estimate of drug-likeness (QED) is 0.867. The first kappa shape index (κ1) is 15.8. The fraction of sp³-hybridized carbons (Fsp3) is 0.647.